The summed E-state index contributed by atoms with van der Waals surface area (Å²) in [6.45, 7) is 4.71. The smallest absolute Gasteiger partial charge is 0.275 e. The summed E-state index contributed by atoms with van der Waals surface area (Å²) in [5.74, 6) is 1.40. The summed E-state index contributed by atoms with van der Waals surface area (Å²) in [5.41, 5.74) is 2.97. The van der Waals surface area contributed by atoms with Gasteiger partial charge in [0.2, 0.25) is 0 Å². The minimum absolute atomic E-state index is 0.0477. The Balaban J connectivity index is 1.44. The highest BCUT2D eigenvalue weighted by atomic mass is 16.2. The van der Waals surface area contributed by atoms with E-state index in [1.54, 1.807) is 12.4 Å². The van der Waals surface area contributed by atoms with Crippen LogP contribution in [0, 0.1) is 19.8 Å². The van der Waals surface area contributed by atoms with Crippen LogP contribution in [0.1, 0.15) is 34.6 Å². The molecule has 2 aliphatic rings. The number of piperidine rings is 1. The number of nitrogens with zero attached hydrogens (tertiary/aromatic N) is 7. The summed E-state index contributed by atoms with van der Waals surface area (Å²) >= 11 is 0. The summed E-state index contributed by atoms with van der Waals surface area (Å²) in [5, 5.41) is 8.40. The van der Waals surface area contributed by atoms with E-state index >= 15 is 0 Å². The Kier molecular flexibility index (Phi) is 4.49. The first kappa shape index (κ1) is 18.7. The van der Waals surface area contributed by atoms with Gasteiger partial charge in [-0.25, -0.2) is 9.97 Å². The number of likely N-dealkylation sites (tertiary alicyclic amines) is 1. The summed E-state index contributed by atoms with van der Waals surface area (Å²) in [7, 11) is 2.08. The maximum Gasteiger partial charge on any atom is 0.275 e. The summed E-state index contributed by atoms with van der Waals surface area (Å²) in [6, 6.07) is 8.27. The Hall–Kier alpha value is -3.29. The average molecular weight is 403 g/mol. The van der Waals surface area contributed by atoms with Gasteiger partial charge in [0, 0.05) is 25.5 Å². The van der Waals surface area contributed by atoms with Gasteiger partial charge in [0.1, 0.15) is 11.5 Å². The molecule has 1 aliphatic heterocycles. The van der Waals surface area contributed by atoms with Crippen LogP contribution in [0.4, 0.5) is 5.82 Å². The highest BCUT2D eigenvalue weighted by molar-refractivity contribution is 5.96. The van der Waals surface area contributed by atoms with Crippen molar-refractivity contribution in [2.24, 2.45) is 5.92 Å². The van der Waals surface area contributed by atoms with Gasteiger partial charge in [0.05, 0.1) is 24.5 Å². The molecule has 4 heterocycles. The van der Waals surface area contributed by atoms with E-state index in [0.717, 1.165) is 36.5 Å². The molecule has 0 N–H and O–H groups in total. The minimum Gasteiger partial charge on any atom is -0.355 e. The molecule has 1 aliphatic carbocycles. The lowest BCUT2D eigenvalue weighted by atomic mass is 10.0. The van der Waals surface area contributed by atoms with Crippen molar-refractivity contribution in [3.05, 3.63) is 59.8 Å². The van der Waals surface area contributed by atoms with Crippen molar-refractivity contribution in [3.63, 3.8) is 0 Å². The number of aryl methyl sites for hydroxylation is 2. The second-order valence-corrected chi connectivity index (χ2v) is 8.37. The first-order chi connectivity index (χ1) is 14.5. The molecule has 8 heteroatoms. The normalized spacial score (nSPS) is 22.5. The lowest BCUT2D eigenvalue weighted by molar-refractivity contribution is 0.0676. The number of rotatable bonds is 4. The summed E-state index contributed by atoms with van der Waals surface area (Å²) < 4.78 is 0. The van der Waals surface area contributed by atoms with Crippen LogP contribution in [0.25, 0.3) is 5.69 Å². The molecule has 3 unspecified atom stereocenters. The summed E-state index contributed by atoms with van der Waals surface area (Å²) in [6.07, 6.45) is 7.20. The standard InChI is InChI=1S/C22H25N7O/c1-14-4-7-20(23-12-14)27(3)18-10-16-11-19(18)28(13-16)22(30)21-17(6-5-15(2)26-21)29-24-8-9-25-29/h4-9,12,16,18-19H,10-11,13H2,1-3H3. The summed E-state index contributed by atoms with van der Waals surface area (Å²) in [4.78, 5) is 28.5. The first-order valence-corrected chi connectivity index (χ1v) is 10.3. The molecule has 0 spiro atoms. The average Bonchev–Trinajstić information content (AvgIpc) is 3.50. The molecule has 0 aromatic carbocycles. The number of carbonyl (C=O) groups is 1. The molecule has 1 saturated heterocycles. The van der Waals surface area contributed by atoms with Crippen molar-refractivity contribution in [3.8, 4) is 5.69 Å². The van der Waals surface area contributed by atoms with Gasteiger partial charge in [-0.2, -0.15) is 10.2 Å². The zero-order valence-corrected chi connectivity index (χ0v) is 17.4. The van der Waals surface area contributed by atoms with Crippen LogP contribution in [0.15, 0.2) is 42.9 Å². The molecule has 30 heavy (non-hydrogen) atoms. The number of pyridine rings is 2. The Bertz CT molecular complexity index is 1060. The molecule has 3 atom stereocenters. The molecule has 0 radical (unpaired) electrons. The van der Waals surface area contributed by atoms with Gasteiger partial charge in [-0.1, -0.05) is 6.07 Å². The van der Waals surface area contributed by atoms with Gasteiger partial charge in [-0.3, -0.25) is 4.79 Å². The van der Waals surface area contributed by atoms with Gasteiger partial charge in [-0.05, 0) is 56.4 Å². The monoisotopic (exact) mass is 403 g/mol. The quantitative estimate of drug-likeness (QED) is 0.666. The topological polar surface area (TPSA) is 80.0 Å². The lowest BCUT2D eigenvalue weighted by Crippen LogP contribution is -2.51. The molecule has 2 bridgehead atoms. The molecule has 3 aromatic heterocycles. The number of amides is 1. The fourth-order valence-electron chi connectivity index (χ4n) is 4.82. The maximum atomic E-state index is 13.6. The van der Waals surface area contributed by atoms with Crippen LogP contribution in [-0.4, -0.2) is 61.4 Å². The number of hydrogen-bond donors (Lipinski definition) is 0. The van der Waals surface area contributed by atoms with Crippen LogP contribution >= 0.6 is 0 Å². The molecule has 2 fully saturated rings. The number of likely N-dealkylation sites (N-methyl/N-ethyl adjacent to an activating group) is 1. The van der Waals surface area contributed by atoms with E-state index in [1.807, 2.05) is 37.1 Å². The number of aromatic nitrogens is 5. The number of anilines is 1. The SMILES string of the molecule is Cc1ccc(N(C)C2CC3CC2N(C(=O)c2nc(C)ccc2-n2nccn2)C3)nc1. The third-order valence-corrected chi connectivity index (χ3v) is 6.31. The molecule has 154 valence electrons. The Labute approximate surface area is 175 Å². The predicted octanol–water partition coefficient (Wildman–Crippen LogP) is 2.41. The molecular formula is C22H25N7O. The maximum absolute atomic E-state index is 13.6. The number of carbonyl (C=O) groups excluding carboxylic acids is 1. The van der Waals surface area contributed by atoms with Crippen LogP contribution in [0.5, 0.6) is 0 Å². The zero-order valence-electron chi connectivity index (χ0n) is 17.4. The van der Waals surface area contributed by atoms with Crippen molar-refractivity contribution in [2.75, 3.05) is 18.5 Å². The van der Waals surface area contributed by atoms with E-state index in [1.165, 1.54) is 4.80 Å². The van der Waals surface area contributed by atoms with E-state index in [2.05, 4.69) is 44.2 Å². The molecule has 8 nitrogen and oxygen atoms in total. The molecule has 5 rings (SSSR count). The Morgan fingerprint density at radius 1 is 1.10 bits per heavy atom. The zero-order chi connectivity index (χ0) is 20.8. The van der Waals surface area contributed by atoms with Gasteiger partial charge in [0.15, 0.2) is 5.69 Å². The lowest BCUT2D eigenvalue weighted by Gasteiger charge is -2.38. The van der Waals surface area contributed by atoms with E-state index in [0.29, 0.717) is 17.3 Å². The van der Waals surface area contributed by atoms with Gasteiger partial charge < -0.3 is 9.80 Å². The van der Waals surface area contributed by atoms with Crippen LogP contribution in [0.2, 0.25) is 0 Å². The molecular weight excluding hydrogens is 378 g/mol. The van der Waals surface area contributed by atoms with Crippen molar-refractivity contribution < 1.29 is 4.79 Å². The van der Waals surface area contributed by atoms with Crippen LogP contribution < -0.4 is 4.90 Å². The molecule has 3 aromatic rings. The second kappa shape index (κ2) is 7.19. The van der Waals surface area contributed by atoms with Crippen molar-refractivity contribution in [1.82, 2.24) is 29.9 Å². The number of fused-ring (bicyclic) bond motifs is 2. The first-order valence-electron chi connectivity index (χ1n) is 10.3. The van der Waals surface area contributed by atoms with Crippen LogP contribution in [0.3, 0.4) is 0 Å². The third kappa shape index (κ3) is 3.12. The fourth-order valence-corrected chi connectivity index (χ4v) is 4.82. The van der Waals surface area contributed by atoms with E-state index in [4.69, 9.17) is 0 Å². The predicted molar refractivity (Wildman–Crippen MR) is 113 cm³/mol. The Morgan fingerprint density at radius 3 is 2.60 bits per heavy atom. The largest absolute Gasteiger partial charge is 0.355 e. The van der Waals surface area contributed by atoms with Gasteiger partial charge in [-0.15, -0.1) is 4.80 Å². The number of hydrogen-bond acceptors (Lipinski definition) is 6. The molecule has 1 saturated carbocycles. The van der Waals surface area contributed by atoms with Gasteiger partial charge in [0.25, 0.3) is 5.91 Å². The second-order valence-electron chi connectivity index (χ2n) is 8.37. The highest BCUT2D eigenvalue weighted by Crippen LogP contribution is 2.41. The minimum atomic E-state index is -0.0477. The van der Waals surface area contributed by atoms with E-state index in [-0.39, 0.29) is 18.0 Å². The van der Waals surface area contributed by atoms with Crippen molar-refractivity contribution >= 4 is 11.7 Å². The van der Waals surface area contributed by atoms with Crippen molar-refractivity contribution in [1.29, 1.82) is 0 Å². The van der Waals surface area contributed by atoms with E-state index in [9.17, 15) is 4.79 Å². The highest BCUT2D eigenvalue weighted by Gasteiger charge is 2.49. The van der Waals surface area contributed by atoms with Crippen LogP contribution in [-0.2, 0) is 0 Å². The molecule has 1 amide bonds. The fraction of sp³-hybridized carbons (Fsp3) is 0.409. The van der Waals surface area contributed by atoms with Gasteiger partial charge >= 0.3 is 0 Å². The van der Waals surface area contributed by atoms with Crippen molar-refractivity contribution in [2.45, 2.75) is 38.8 Å². The third-order valence-electron chi connectivity index (χ3n) is 6.31. The van der Waals surface area contributed by atoms with E-state index < -0.39 is 0 Å². The Morgan fingerprint density at radius 2 is 1.90 bits per heavy atom.